The maximum atomic E-state index is 16.9. The summed E-state index contributed by atoms with van der Waals surface area (Å²) in [6, 6.07) is 105. The lowest BCUT2D eigenvalue weighted by molar-refractivity contribution is -0.282. The number of hydrogen-bond acceptors (Lipinski definition) is 26. The molecule has 147 heavy (non-hydrogen) atoms. The van der Waals surface area contributed by atoms with Gasteiger partial charge in [0.05, 0.1) is 34.4 Å². The molecule has 5 atom stereocenters. The number of carbonyl (C=O) groups is 5. The molecule has 0 amide bonds. The molecule has 15 aromatic rings. The van der Waals surface area contributed by atoms with Crippen LogP contribution in [-0.2, 0) is 57.4 Å². The predicted molar refractivity (Wildman–Crippen MR) is 537 cm³/mol. The van der Waals surface area contributed by atoms with Crippen molar-refractivity contribution in [2.75, 3.05) is 39.6 Å². The van der Waals surface area contributed by atoms with Crippen molar-refractivity contribution in [3.8, 4) is 86.2 Å². The third-order valence-corrected chi connectivity index (χ3v) is 25.1. The first-order valence-electron chi connectivity index (χ1n) is 47.6. The summed E-state index contributed by atoms with van der Waals surface area (Å²) in [5.41, 5.74) is 4.00. The zero-order chi connectivity index (χ0) is 101. The van der Waals surface area contributed by atoms with E-state index in [1.807, 2.05) is 310 Å². The van der Waals surface area contributed by atoms with Crippen molar-refractivity contribution in [1.29, 1.82) is 0 Å². The van der Waals surface area contributed by atoms with Crippen LogP contribution in [0.15, 0.2) is 415 Å². The first-order chi connectivity index (χ1) is 72.0. The minimum absolute atomic E-state index is 0.00902. The molecule has 21 rings (SSSR count). The van der Waals surface area contributed by atoms with Gasteiger partial charge < -0.3 is 99.5 Å². The standard InChI is InChI=1S/C121H94O26/c1-6-61-127-92-66-77(71-97-103(92)143-117(138-97,82-41-21-11-22-42-82)83-43-23-12-24-44-83)111(122)132-76-102-108(134-112(123)78-67-93(128-62-7-2)104-98(72-78)139-118(144-104,84-45-25-13-26-46-84)85-47-27-14-28-48-85)109(135-113(124)79-68-94(129-63-8-3)105-99(73-79)140-119(145-105,86-49-29-15-30-50-86)87-51-31-16-32-52-87)110(136-114(125)80-69-95(130-64-9-4)106-100(74-80)141-120(146-106,88-53-33-17-34-54-88)89-55-35-18-36-56-89)116(133-102)137-115(126)81-70-96(131-65-10-5)107-101(75-81)142-121(147-107,90-57-37-19-38-58-90)91-59-39-20-40-60-91/h6-8,10-60,66-75,102,108-110,116H,1-3,5,9,61-65,76H2,4H3/t102-,108-,109+,110-,116+/m1/s1. The Morgan fingerprint density at radius 3 is 0.701 bits per heavy atom. The lowest BCUT2D eigenvalue weighted by atomic mass is 9.97. The summed E-state index contributed by atoms with van der Waals surface area (Å²) in [7, 11) is 0. The second kappa shape index (κ2) is 40.9. The summed E-state index contributed by atoms with van der Waals surface area (Å²) >= 11 is 0. The summed E-state index contributed by atoms with van der Waals surface area (Å²) in [6.45, 7) is 16.1. The molecule has 0 bridgehead atoms. The van der Waals surface area contributed by atoms with Gasteiger partial charge >= 0.3 is 58.8 Å². The van der Waals surface area contributed by atoms with E-state index < -0.39 is 96.1 Å². The molecule has 1 fully saturated rings. The fourth-order valence-corrected chi connectivity index (χ4v) is 18.4. The van der Waals surface area contributed by atoms with Crippen LogP contribution < -0.4 is 71.1 Å². The monoisotopic (exact) mass is 1960 g/mol. The van der Waals surface area contributed by atoms with Crippen LogP contribution in [0.5, 0.6) is 86.2 Å². The van der Waals surface area contributed by atoms with Crippen molar-refractivity contribution in [2.45, 2.75) is 73.0 Å². The quantitative estimate of drug-likeness (QED) is 0.0200. The van der Waals surface area contributed by atoms with Gasteiger partial charge in [-0.15, -0.1) is 0 Å². The van der Waals surface area contributed by atoms with Gasteiger partial charge in [-0.2, -0.15) is 0 Å². The van der Waals surface area contributed by atoms with Crippen LogP contribution >= 0.6 is 0 Å². The first kappa shape index (κ1) is 94.8. The third-order valence-electron chi connectivity index (χ3n) is 25.1. The highest BCUT2D eigenvalue weighted by Gasteiger charge is 2.59. The van der Waals surface area contributed by atoms with Gasteiger partial charge in [-0.05, 0) is 67.1 Å². The van der Waals surface area contributed by atoms with Gasteiger partial charge in [0.25, 0.3) is 0 Å². The second-order valence-corrected chi connectivity index (χ2v) is 34.7. The summed E-state index contributed by atoms with van der Waals surface area (Å²) < 4.78 is 144. The summed E-state index contributed by atoms with van der Waals surface area (Å²) in [5.74, 6) is -14.6. The van der Waals surface area contributed by atoms with Crippen LogP contribution in [0.1, 0.15) is 121 Å². The Kier molecular flexibility index (Phi) is 26.4. The van der Waals surface area contributed by atoms with Crippen molar-refractivity contribution in [3.05, 3.63) is 498 Å². The normalized spacial score (nSPS) is 17.2. The summed E-state index contributed by atoms with van der Waals surface area (Å²) in [5, 5.41) is 0. The van der Waals surface area contributed by atoms with Crippen molar-refractivity contribution in [1.82, 2.24) is 0 Å². The van der Waals surface area contributed by atoms with Crippen LogP contribution in [-0.4, -0.2) is 100 Å². The highest BCUT2D eigenvalue weighted by molar-refractivity contribution is 5.96. The topological polar surface area (TPSA) is 279 Å². The maximum absolute atomic E-state index is 16.9. The van der Waals surface area contributed by atoms with Crippen molar-refractivity contribution >= 4 is 29.8 Å². The molecular weight excluding hydrogens is 1870 g/mol. The zero-order valence-corrected chi connectivity index (χ0v) is 79.2. The van der Waals surface area contributed by atoms with Gasteiger partial charge in [-0.1, -0.05) is 361 Å². The predicted octanol–water partition coefficient (Wildman–Crippen LogP) is 22.5. The van der Waals surface area contributed by atoms with Gasteiger partial charge in [0, 0.05) is 55.6 Å². The number of hydrogen-bond donors (Lipinski definition) is 0. The van der Waals surface area contributed by atoms with Crippen molar-refractivity contribution < 1.29 is 123 Å². The molecule has 0 N–H and O–H groups in total. The summed E-state index contributed by atoms with van der Waals surface area (Å²) in [6.07, 6.45) is -5.06. The number of ether oxygens (including phenoxy) is 21. The van der Waals surface area contributed by atoms with E-state index >= 15 is 24.0 Å². The fourth-order valence-electron chi connectivity index (χ4n) is 18.4. The zero-order valence-electron chi connectivity index (χ0n) is 79.2. The third kappa shape index (κ3) is 18.2. The highest BCUT2D eigenvalue weighted by atomic mass is 16.8. The Bertz CT molecular complexity index is 7230. The van der Waals surface area contributed by atoms with E-state index in [1.165, 1.54) is 85.0 Å². The molecule has 6 aliphatic heterocycles. The van der Waals surface area contributed by atoms with E-state index in [9.17, 15) is 0 Å². The van der Waals surface area contributed by atoms with E-state index in [2.05, 4.69) is 26.3 Å². The molecule has 734 valence electrons. The number of rotatable bonds is 36. The molecular formula is C121H94O26. The lowest BCUT2D eigenvalue weighted by Crippen LogP contribution is -2.63. The van der Waals surface area contributed by atoms with Gasteiger partial charge in [0.2, 0.25) is 41.1 Å². The van der Waals surface area contributed by atoms with E-state index in [0.29, 0.717) is 62.1 Å². The molecule has 6 aliphatic rings. The molecule has 0 unspecified atom stereocenters. The van der Waals surface area contributed by atoms with Gasteiger partial charge in [0.1, 0.15) is 39.1 Å². The van der Waals surface area contributed by atoms with E-state index in [-0.39, 0.29) is 147 Å². The molecule has 0 radical (unpaired) electrons. The molecule has 26 nitrogen and oxygen atoms in total. The molecule has 15 aromatic carbocycles. The van der Waals surface area contributed by atoms with E-state index in [0.717, 1.165) is 0 Å². The van der Waals surface area contributed by atoms with E-state index in [1.54, 1.807) is 0 Å². The SMILES string of the molecule is C=CCOc1cc(C(=O)OC[C@H]2O[C@@H](OC(=O)c3cc(OCC=C)c4c(c3)OC(c3ccccc3)(c3ccccc3)O4)[C@H](OC(=O)c3cc(OCCC)c4c(c3)OC(c3ccccc3)(c3ccccc3)O4)[C@@H](OC(=O)c3cc(OCC=C)c4c(c3)OC(c3ccccc3)(c3ccccc3)O4)[C@@H]2OC(=O)c2cc(OCC=C)c3c(c2)OC(c2ccccc2)(c2ccccc2)O3)cc2c1OC(c1ccccc1)(c1ccccc1)O2. The Labute approximate surface area is 845 Å². The Balaban J connectivity index is 0.751. The molecule has 0 spiro atoms. The number of fused-ring (bicyclic) bond motifs is 5. The number of benzene rings is 15. The molecule has 1 saturated heterocycles. The maximum Gasteiger partial charge on any atom is 0.340 e. The molecule has 26 heteroatoms. The van der Waals surface area contributed by atoms with Crippen LogP contribution in [0, 0.1) is 0 Å². The van der Waals surface area contributed by atoms with Crippen LogP contribution in [0.25, 0.3) is 0 Å². The van der Waals surface area contributed by atoms with Crippen molar-refractivity contribution in [2.24, 2.45) is 0 Å². The minimum Gasteiger partial charge on any atom is -0.490 e. The van der Waals surface area contributed by atoms with E-state index in [4.69, 9.17) is 99.5 Å². The van der Waals surface area contributed by atoms with Crippen LogP contribution in [0.3, 0.4) is 0 Å². The largest absolute Gasteiger partial charge is 0.490 e. The Morgan fingerprint density at radius 2 is 0.469 bits per heavy atom. The Hall–Kier alpha value is -18.4. The second-order valence-electron chi connectivity index (χ2n) is 34.7. The summed E-state index contributed by atoms with van der Waals surface area (Å²) in [4.78, 5) is 82.9. The first-order valence-corrected chi connectivity index (χ1v) is 47.6. The lowest BCUT2D eigenvalue weighted by Gasteiger charge is -2.43. The van der Waals surface area contributed by atoms with Gasteiger partial charge in [-0.25, -0.2) is 24.0 Å². The van der Waals surface area contributed by atoms with Crippen molar-refractivity contribution in [3.63, 3.8) is 0 Å². The minimum atomic E-state index is -2.41. The van der Waals surface area contributed by atoms with Gasteiger partial charge in [-0.3, -0.25) is 0 Å². The average Bonchev–Trinajstić information content (AvgIpc) is 1.59. The smallest absolute Gasteiger partial charge is 0.340 e. The number of esters is 5. The molecule has 0 saturated carbocycles. The van der Waals surface area contributed by atoms with Crippen LogP contribution in [0.2, 0.25) is 0 Å². The highest BCUT2D eigenvalue weighted by Crippen LogP contribution is 2.60. The molecule has 0 aliphatic carbocycles. The average molecular weight is 1960 g/mol. The molecule has 0 aromatic heterocycles. The fraction of sp³-hybridized carbons (Fsp3) is 0.149. The van der Waals surface area contributed by atoms with Crippen LogP contribution in [0.4, 0.5) is 0 Å². The van der Waals surface area contributed by atoms with Gasteiger partial charge in [0.15, 0.2) is 69.7 Å². The molecule has 6 heterocycles. The Morgan fingerprint density at radius 1 is 0.259 bits per heavy atom. The number of carbonyl (C=O) groups excluding carboxylic acids is 5.